The second-order valence-electron chi connectivity index (χ2n) is 3.33. The van der Waals surface area contributed by atoms with Crippen LogP contribution in [0.5, 0.6) is 11.5 Å². The van der Waals surface area contributed by atoms with E-state index in [9.17, 15) is 9.90 Å². The van der Waals surface area contributed by atoms with Gasteiger partial charge in [-0.3, -0.25) is 0 Å². The van der Waals surface area contributed by atoms with Crippen LogP contribution in [0.3, 0.4) is 0 Å². The molecule has 0 unspecified atom stereocenters. The van der Waals surface area contributed by atoms with Crippen LogP contribution in [0.25, 0.3) is 0 Å². The van der Waals surface area contributed by atoms with Gasteiger partial charge >= 0.3 is 5.97 Å². The first-order valence-electron chi connectivity index (χ1n) is 4.89. The van der Waals surface area contributed by atoms with Crippen molar-refractivity contribution < 1.29 is 14.6 Å². The van der Waals surface area contributed by atoms with Gasteiger partial charge in [-0.05, 0) is 24.3 Å². The minimum Gasteiger partial charge on any atom is -0.508 e. The second-order valence-corrected chi connectivity index (χ2v) is 3.33. The fourth-order valence-electron chi connectivity index (χ4n) is 1.27. The Morgan fingerprint density at radius 2 is 2.00 bits per heavy atom. The van der Waals surface area contributed by atoms with Crippen molar-refractivity contribution in [1.29, 1.82) is 0 Å². The molecule has 0 aliphatic heterocycles. The van der Waals surface area contributed by atoms with E-state index in [-0.39, 0.29) is 23.0 Å². The zero-order valence-corrected chi connectivity index (χ0v) is 8.83. The third-order valence-corrected chi connectivity index (χ3v) is 2.01. The number of phenols is 1. The topological polar surface area (TPSA) is 85.4 Å². The number of nitrogens with two attached hydrogens (primary N) is 1. The summed E-state index contributed by atoms with van der Waals surface area (Å²) >= 11 is 0. The van der Waals surface area contributed by atoms with E-state index in [0.29, 0.717) is 0 Å². The molecule has 0 saturated heterocycles. The van der Waals surface area contributed by atoms with E-state index in [1.165, 1.54) is 18.2 Å². The maximum Gasteiger partial charge on any atom is 0.362 e. The summed E-state index contributed by atoms with van der Waals surface area (Å²) in [4.78, 5) is 15.5. The monoisotopic (exact) mass is 230 g/mol. The average molecular weight is 230 g/mol. The van der Waals surface area contributed by atoms with Gasteiger partial charge in [0.1, 0.15) is 17.3 Å². The second kappa shape index (κ2) is 4.52. The van der Waals surface area contributed by atoms with Gasteiger partial charge in [0.15, 0.2) is 5.69 Å². The van der Waals surface area contributed by atoms with Gasteiger partial charge in [0.05, 0.1) is 0 Å². The molecule has 2 rings (SSSR count). The van der Waals surface area contributed by atoms with Crippen LogP contribution in [0, 0.1) is 0 Å². The molecule has 5 heteroatoms. The molecule has 0 amide bonds. The Bertz CT molecular complexity index is 555. The van der Waals surface area contributed by atoms with E-state index in [4.69, 9.17) is 10.5 Å². The third kappa shape index (κ3) is 2.72. The van der Waals surface area contributed by atoms with Crippen LogP contribution in [0.15, 0.2) is 42.5 Å². The number of benzene rings is 1. The zero-order valence-electron chi connectivity index (χ0n) is 8.83. The van der Waals surface area contributed by atoms with Crippen LogP contribution < -0.4 is 10.5 Å². The average Bonchev–Trinajstić information content (AvgIpc) is 2.29. The van der Waals surface area contributed by atoms with E-state index in [0.717, 1.165) is 0 Å². The number of ether oxygens (including phenoxy) is 1. The van der Waals surface area contributed by atoms with Gasteiger partial charge in [-0.2, -0.15) is 0 Å². The first-order valence-corrected chi connectivity index (χ1v) is 4.89. The standard InChI is InChI=1S/C12H10N2O3/c13-11-6-2-5-10(14-11)12(16)17-9-4-1-3-8(15)7-9/h1-7,15H,(H2,13,14). The van der Waals surface area contributed by atoms with E-state index in [2.05, 4.69) is 4.98 Å². The van der Waals surface area contributed by atoms with Crippen LogP contribution in [0.2, 0.25) is 0 Å². The molecule has 86 valence electrons. The Morgan fingerprint density at radius 1 is 1.24 bits per heavy atom. The number of carbonyl (C=O) groups excluding carboxylic acids is 1. The normalized spacial score (nSPS) is 9.88. The van der Waals surface area contributed by atoms with Gasteiger partial charge in [0, 0.05) is 6.07 Å². The molecule has 0 radical (unpaired) electrons. The Hall–Kier alpha value is -2.56. The summed E-state index contributed by atoms with van der Waals surface area (Å²) < 4.78 is 5.02. The van der Waals surface area contributed by atoms with Gasteiger partial charge in [0.25, 0.3) is 0 Å². The number of hydrogen-bond donors (Lipinski definition) is 2. The van der Waals surface area contributed by atoms with Crippen LogP contribution in [0.4, 0.5) is 5.82 Å². The van der Waals surface area contributed by atoms with Gasteiger partial charge < -0.3 is 15.6 Å². The lowest BCUT2D eigenvalue weighted by molar-refractivity contribution is 0.0728. The number of aromatic hydroxyl groups is 1. The lowest BCUT2D eigenvalue weighted by Gasteiger charge is -2.04. The maximum absolute atomic E-state index is 11.7. The summed E-state index contributed by atoms with van der Waals surface area (Å²) in [7, 11) is 0. The van der Waals surface area contributed by atoms with Gasteiger partial charge in [0.2, 0.25) is 0 Å². The van der Waals surface area contributed by atoms with Crippen molar-refractivity contribution in [3.63, 3.8) is 0 Å². The smallest absolute Gasteiger partial charge is 0.362 e. The Labute approximate surface area is 97.5 Å². The molecule has 2 aromatic rings. The van der Waals surface area contributed by atoms with Gasteiger partial charge in [-0.25, -0.2) is 9.78 Å². The Balaban J connectivity index is 2.17. The van der Waals surface area contributed by atoms with Crippen molar-refractivity contribution in [1.82, 2.24) is 4.98 Å². The number of phenolic OH excluding ortho intramolecular Hbond substituents is 1. The highest BCUT2D eigenvalue weighted by Crippen LogP contribution is 2.18. The number of anilines is 1. The van der Waals surface area contributed by atoms with Crippen molar-refractivity contribution in [2.75, 3.05) is 5.73 Å². The van der Waals surface area contributed by atoms with Gasteiger partial charge in [-0.1, -0.05) is 12.1 Å². The number of nitrogens with zero attached hydrogens (tertiary/aromatic N) is 1. The van der Waals surface area contributed by atoms with Crippen LogP contribution in [0.1, 0.15) is 10.5 Å². The molecule has 0 saturated carbocycles. The molecule has 0 aliphatic rings. The molecular weight excluding hydrogens is 220 g/mol. The first kappa shape index (κ1) is 10.9. The molecule has 0 spiro atoms. The van der Waals surface area contributed by atoms with Crippen molar-refractivity contribution >= 4 is 11.8 Å². The molecule has 0 aliphatic carbocycles. The maximum atomic E-state index is 11.7. The number of rotatable bonds is 2. The Kier molecular flexibility index (Phi) is 2.91. The number of carbonyl (C=O) groups is 1. The van der Waals surface area contributed by atoms with Gasteiger partial charge in [-0.15, -0.1) is 0 Å². The number of esters is 1. The lowest BCUT2D eigenvalue weighted by Crippen LogP contribution is -2.11. The number of pyridine rings is 1. The lowest BCUT2D eigenvalue weighted by atomic mass is 10.3. The van der Waals surface area contributed by atoms with Crippen LogP contribution in [-0.4, -0.2) is 16.1 Å². The van der Waals surface area contributed by atoms with E-state index < -0.39 is 5.97 Å². The summed E-state index contributed by atoms with van der Waals surface area (Å²) in [5.74, 6) is -0.103. The molecule has 0 atom stereocenters. The zero-order chi connectivity index (χ0) is 12.3. The summed E-state index contributed by atoms with van der Waals surface area (Å²) in [5, 5.41) is 9.21. The molecule has 5 nitrogen and oxygen atoms in total. The number of nitrogen functional groups attached to an aromatic ring is 1. The summed E-state index contributed by atoms with van der Waals surface area (Å²) in [6, 6.07) is 10.6. The summed E-state index contributed by atoms with van der Waals surface area (Å²) in [6.45, 7) is 0. The molecule has 3 N–H and O–H groups in total. The minimum absolute atomic E-state index is 0.0239. The predicted molar refractivity (Wildman–Crippen MR) is 61.7 cm³/mol. The quantitative estimate of drug-likeness (QED) is 0.604. The number of hydrogen-bond acceptors (Lipinski definition) is 5. The Morgan fingerprint density at radius 3 is 2.71 bits per heavy atom. The van der Waals surface area contributed by atoms with Crippen molar-refractivity contribution in [3.05, 3.63) is 48.2 Å². The molecule has 0 fully saturated rings. The van der Waals surface area contributed by atoms with Crippen molar-refractivity contribution in [2.24, 2.45) is 0 Å². The predicted octanol–water partition coefficient (Wildman–Crippen LogP) is 1.59. The highest BCUT2D eigenvalue weighted by molar-refractivity contribution is 5.89. The molecule has 17 heavy (non-hydrogen) atoms. The van der Waals surface area contributed by atoms with E-state index >= 15 is 0 Å². The SMILES string of the molecule is Nc1cccc(C(=O)Oc2cccc(O)c2)n1. The molecule has 1 aromatic heterocycles. The third-order valence-electron chi connectivity index (χ3n) is 2.01. The van der Waals surface area contributed by atoms with Crippen molar-refractivity contribution in [3.8, 4) is 11.5 Å². The highest BCUT2D eigenvalue weighted by Gasteiger charge is 2.10. The van der Waals surface area contributed by atoms with Crippen molar-refractivity contribution in [2.45, 2.75) is 0 Å². The van der Waals surface area contributed by atoms with Crippen LogP contribution in [-0.2, 0) is 0 Å². The number of aromatic nitrogens is 1. The summed E-state index contributed by atoms with van der Waals surface area (Å²) in [6.07, 6.45) is 0. The van der Waals surface area contributed by atoms with E-state index in [1.807, 2.05) is 0 Å². The molecular formula is C12H10N2O3. The molecule has 1 heterocycles. The minimum atomic E-state index is -0.622. The largest absolute Gasteiger partial charge is 0.508 e. The highest BCUT2D eigenvalue weighted by atomic mass is 16.5. The molecule has 1 aromatic carbocycles. The molecule has 0 bridgehead atoms. The van der Waals surface area contributed by atoms with E-state index in [1.54, 1.807) is 24.3 Å². The van der Waals surface area contributed by atoms with Crippen LogP contribution >= 0.6 is 0 Å². The first-order chi connectivity index (χ1) is 8.15. The summed E-state index contributed by atoms with van der Waals surface area (Å²) in [5.41, 5.74) is 5.57. The fourth-order valence-corrected chi connectivity index (χ4v) is 1.27. The fraction of sp³-hybridized carbons (Fsp3) is 0.